The molecule has 2 rings (SSSR count). The van der Waals surface area contributed by atoms with Gasteiger partial charge >= 0.3 is 6.03 Å². The fourth-order valence-corrected chi connectivity index (χ4v) is 2.54. The van der Waals surface area contributed by atoms with Crippen molar-refractivity contribution < 1.29 is 9.90 Å². The number of aliphatic hydroxyl groups is 1. The van der Waals surface area contributed by atoms with E-state index in [1.807, 2.05) is 44.2 Å². The summed E-state index contributed by atoms with van der Waals surface area (Å²) in [5, 5.41) is 15.1. The van der Waals surface area contributed by atoms with Crippen LogP contribution in [0.25, 0.3) is 0 Å². The predicted molar refractivity (Wildman–Crippen MR) is 94.7 cm³/mol. The van der Waals surface area contributed by atoms with Gasteiger partial charge in [-0.1, -0.05) is 29.8 Å². The molecule has 0 aliphatic rings. The number of nitrogens with zero attached hydrogens (tertiary/aromatic N) is 1. The summed E-state index contributed by atoms with van der Waals surface area (Å²) in [5.41, 5.74) is 4.39. The summed E-state index contributed by atoms with van der Waals surface area (Å²) in [6, 6.07) is 11.6. The van der Waals surface area contributed by atoms with E-state index < -0.39 is 0 Å². The highest BCUT2D eigenvalue weighted by Crippen LogP contribution is 2.10. The highest BCUT2D eigenvalue weighted by atomic mass is 16.3. The summed E-state index contributed by atoms with van der Waals surface area (Å²) in [4.78, 5) is 16.2. The van der Waals surface area contributed by atoms with E-state index in [1.165, 1.54) is 11.1 Å². The average Bonchev–Trinajstić information content (AvgIpc) is 2.58. The molecule has 1 aromatic heterocycles. The maximum absolute atomic E-state index is 11.9. The Morgan fingerprint density at radius 1 is 1.21 bits per heavy atom. The summed E-state index contributed by atoms with van der Waals surface area (Å²) in [6.07, 6.45) is 2.36. The number of amides is 2. The van der Waals surface area contributed by atoms with Crippen molar-refractivity contribution in [2.45, 2.75) is 26.8 Å². The van der Waals surface area contributed by atoms with Crippen LogP contribution < -0.4 is 10.6 Å². The van der Waals surface area contributed by atoms with Crippen LogP contribution in [-0.4, -0.2) is 29.3 Å². The van der Waals surface area contributed by atoms with Crippen LogP contribution in [0.2, 0.25) is 0 Å². The van der Waals surface area contributed by atoms with Crippen molar-refractivity contribution in [3.8, 4) is 0 Å². The SMILES string of the molecule is Cc1ccc(CNC(=O)NCC(CO)Cc2ccccn2)c(C)c1. The number of aromatic nitrogens is 1. The van der Waals surface area contributed by atoms with E-state index in [-0.39, 0.29) is 18.6 Å². The first-order valence-corrected chi connectivity index (χ1v) is 8.17. The van der Waals surface area contributed by atoms with Crippen molar-refractivity contribution >= 4 is 6.03 Å². The predicted octanol–water partition coefficient (Wildman–Crippen LogP) is 2.35. The molecule has 24 heavy (non-hydrogen) atoms. The van der Waals surface area contributed by atoms with Crippen LogP contribution in [0.15, 0.2) is 42.6 Å². The molecular formula is C19H25N3O2. The molecule has 2 amide bonds. The molecule has 5 nitrogen and oxygen atoms in total. The van der Waals surface area contributed by atoms with E-state index in [2.05, 4.69) is 21.7 Å². The van der Waals surface area contributed by atoms with E-state index in [1.54, 1.807) is 6.20 Å². The Morgan fingerprint density at radius 3 is 2.71 bits per heavy atom. The largest absolute Gasteiger partial charge is 0.396 e. The lowest BCUT2D eigenvalue weighted by atomic mass is 10.0. The number of carbonyl (C=O) groups is 1. The van der Waals surface area contributed by atoms with Crippen LogP contribution in [0.3, 0.4) is 0 Å². The third kappa shape index (κ3) is 5.66. The molecule has 0 saturated heterocycles. The second kappa shape index (κ2) is 9.03. The zero-order valence-corrected chi connectivity index (χ0v) is 14.2. The van der Waals surface area contributed by atoms with E-state index in [4.69, 9.17) is 0 Å². The molecule has 3 N–H and O–H groups in total. The third-order valence-electron chi connectivity index (χ3n) is 3.97. The topological polar surface area (TPSA) is 74.2 Å². The van der Waals surface area contributed by atoms with E-state index in [0.717, 1.165) is 11.3 Å². The summed E-state index contributed by atoms with van der Waals surface area (Å²) < 4.78 is 0. The van der Waals surface area contributed by atoms with Crippen LogP contribution in [0.5, 0.6) is 0 Å². The van der Waals surface area contributed by atoms with Gasteiger partial charge in [0.15, 0.2) is 0 Å². The molecule has 128 valence electrons. The van der Waals surface area contributed by atoms with Gasteiger partial charge in [-0.15, -0.1) is 0 Å². The first-order chi connectivity index (χ1) is 11.6. The van der Waals surface area contributed by atoms with Crippen LogP contribution in [0.4, 0.5) is 4.79 Å². The number of aryl methyl sites for hydroxylation is 2. The van der Waals surface area contributed by atoms with E-state index in [9.17, 15) is 9.90 Å². The normalized spacial score (nSPS) is 11.8. The molecule has 1 atom stereocenters. The zero-order chi connectivity index (χ0) is 17.4. The monoisotopic (exact) mass is 327 g/mol. The molecule has 0 fully saturated rings. The molecule has 0 saturated carbocycles. The molecule has 1 aromatic carbocycles. The van der Waals surface area contributed by atoms with Gasteiger partial charge in [0.1, 0.15) is 0 Å². The lowest BCUT2D eigenvalue weighted by Crippen LogP contribution is -2.39. The van der Waals surface area contributed by atoms with E-state index in [0.29, 0.717) is 19.5 Å². The van der Waals surface area contributed by atoms with Gasteiger partial charge in [0.05, 0.1) is 0 Å². The Kier molecular flexibility index (Phi) is 6.75. The van der Waals surface area contributed by atoms with Gasteiger partial charge in [0.2, 0.25) is 0 Å². The molecule has 0 bridgehead atoms. The van der Waals surface area contributed by atoms with Crippen molar-refractivity contribution in [2.75, 3.05) is 13.2 Å². The minimum Gasteiger partial charge on any atom is -0.396 e. The number of urea groups is 1. The maximum Gasteiger partial charge on any atom is 0.315 e. The van der Waals surface area contributed by atoms with E-state index >= 15 is 0 Å². The second-order valence-corrected chi connectivity index (χ2v) is 6.07. The highest BCUT2D eigenvalue weighted by Gasteiger charge is 2.11. The van der Waals surface area contributed by atoms with Gasteiger partial charge in [-0.2, -0.15) is 0 Å². The summed E-state index contributed by atoms with van der Waals surface area (Å²) in [5.74, 6) is -0.0493. The number of hydrogen-bond acceptors (Lipinski definition) is 3. The van der Waals surface area contributed by atoms with Crippen molar-refractivity contribution in [3.05, 3.63) is 65.0 Å². The third-order valence-corrected chi connectivity index (χ3v) is 3.97. The fourth-order valence-electron chi connectivity index (χ4n) is 2.54. The summed E-state index contributed by atoms with van der Waals surface area (Å²) in [6.45, 7) is 4.99. The Balaban J connectivity index is 1.77. The Labute approximate surface area is 143 Å². The van der Waals surface area contributed by atoms with Crippen LogP contribution in [0, 0.1) is 19.8 Å². The Hall–Kier alpha value is -2.40. The molecule has 0 radical (unpaired) electrons. The molecule has 1 unspecified atom stereocenters. The molecule has 0 aliphatic carbocycles. The minimum atomic E-state index is -0.227. The van der Waals surface area contributed by atoms with Gasteiger partial charge in [-0.05, 0) is 43.5 Å². The maximum atomic E-state index is 11.9. The first kappa shape index (κ1) is 17.9. The van der Waals surface area contributed by atoms with Crippen LogP contribution in [-0.2, 0) is 13.0 Å². The molecule has 0 spiro atoms. The fraction of sp³-hybridized carbons (Fsp3) is 0.368. The van der Waals surface area contributed by atoms with Crippen molar-refractivity contribution in [1.29, 1.82) is 0 Å². The number of pyridine rings is 1. The number of rotatable bonds is 7. The van der Waals surface area contributed by atoms with Crippen LogP contribution >= 0.6 is 0 Å². The number of benzene rings is 1. The second-order valence-electron chi connectivity index (χ2n) is 6.07. The minimum absolute atomic E-state index is 0.00786. The first-order valence-electron chi connectivity index (χ1n) is 8.17. The quantitative estimate of drug-likeness (QED) is 0.731. The van der Waals surface area contributed by atoms with Gasteiger partial charge in [-0.3, -0.25) is 4.98 Å². The highest BCUT2D eigenvalue weighted by molar-refractivity contribution is 5.73. The smallest absolute Gasteiger partial charge is 0.315 e. The molecule has 5 heteroatoms. The average molecular weight is 327 g/mol. The molecular weight excluding hydrogens is 302 g/mol. The molecule has 0 aliphatic heterocycles. The van der Waals surface area contributed by atoms with Gasteiger partial charge in [-0.25, -0.2) is 4.79 Å². The van der Waals surface area contributed by atoms with Crippen molar-refractivity contribution in [2.24, 2.45) is 5.92 Å². The number of carbonyl (C=O) groups excluding carboxylic acids is 1. The summed E-state index contributed by atoms with van der Waals surface area (Å²) >= 11 is 0. The van der Waals surface area contributed by atoms with Gasteiger partial charge < -0.3 is 15.7 Å². The lowest BCUT2D eigenvalue weighted by molar-refractivity contribution is 0.213. The molecule has 2 aromatic rings. The van der Waals surface area contributed by atoms with Crippen molar-refractivity contribution in [3.63, 3.8) is 0 Å². The van der Waals surface area contributed by atoms with Gasteiger partial charge in [0, 0.05) is 37.5 Å². The lowest BCUT2D eigenvalue weighted by Gasteiger charge is -2.15. The van der Waals surface area contributed by atoms with Crippen LogP contribution in [0.1, 0.15) is 22.4 Å². The Bertz CT molecular complexity index is 659. The zero-order valence-electron chi connectivity index (χ0n) is 14.2. The standard InChI is InChI=1S/C19H25N3O2/c1-14-6-7-17(15(2)9-14)12-22-19(24)21-11-16(13-23)10-18-5-3-4-8-20-18/h3-9,16,23H,10-13H2,1-2H3,(H2,21,22,24). The summed E-state index contributed by atoms with van der Waals surface area (Å²) in [7, 11) is 0. The van der Waals surface area contributed by atoms with Crippen molar-refractivity contribution in [1.82, 2.24) is 15.6 Å². The number of aliphatic hydroxyl groups excluding tert-OH is 1. The van der Waals surface area contributed by atoms with Gasteiger partial charge in [0.25, 0.3) is 0 Å². The number of nitrogens with one attached hydrogen (secondary N) is 2. The molecule has 1 heterocycles. The Morgan fingerprint density at radius 2 is 2.04 bits per heavy atom. The number of hydrogen-bond donors (Lipinski definition) is 3.